The Morgan fingerprint density at radius 3 is 1.43 bits per heavy atom. The molecule has 0 spiro atoms. The zero-order valence-corrected chi connectivity index (χ0v) is 31.1. The minimum atomic E-state index is -4.99. The van der Waals surface area contributed by atoms with E-state index in [2.05, 4.69) is 22.8 Å². The Bertz CT molecular complexity index is 2470. The van der Waals surface area contributed by atoms with Crippen LogP contribution in [0.15, 0.2) is 99.6 Å². The van der Waals surface area contributed by atoms with Crippen molar-refractivity contribution in [1.82, 2.24) is 0 Å². The first-order valence-corrected chi connectivity index (χ1v) is 20.0. The van der Waals surface area contributed by atoms with Crippen molar-refractivity contribution in [3.8, 4) is 0 Å². The predicted molar refractivity (Wildman–Crippen MR) is 198 cm³/mol. The van der Waals surface area contributed by atoms with Crippen LogP contribution in [0.3, 0.4) is 0 Å². The topological polar surface area (TPSA) is 187 Å². The maximum atomic E-state index is 12.7. The van der Waals surface area contributed by atoms with Crippen LogP contribution in [-0.2, 0) is 30.4 Å². The molecule has 5 N–H and O–H groups in total. The monoisotopic (exact) mass is 750 g/mol. The van der Waals surface area contributed by atoms with Gasteiger partial charge >= 0.3 is 0 Å². The molecule has 5 aromatic rings. The Morgan fingerprint density at radius 1 is 0.510 bits per heavy atom. The van der Waals surface area contributed by atoms with E-state index in [-0.39, 0.29) is 10.5 Å². The first-order valence-electron chi connectivity index (χ1n) is 15.6. The summed E-state index contributed by atoms with van der Waals surface area (Å²) >= 11 is 0. The highest BCUT2D eigenvalue weighted by atomic mass is 32.2. The van der Waals surface area contributed by atoms with Crippen molar-refractivity contribution in [1.29, 1.82) is 0 Å². The van der Waals surface area contributed by atoms with Crippen LogP contribution in [-0.4, -0.2) is 38.9 Å². The molecule has 14 heteroatoms. The van der Waals surface area contributed by atoms with E-state index in [1.165, 1.54) is 6.07 Å². The second kappa shape index (κ2) is 13.9. The van der Waals surface area contributed by atoms with Crippen LogP contribution in [0, 0.1) is 41.5 Å². The smallest absolute Gasteiger partial charge is 0.295 e. The van der Waals surface area contributed by atoms with Gasteiger partial charge in [-0.1, -0.05) is 54.1 Å². The summed E-state index contributed by atoms with van der Waals surface area (Å²) in [6, 6.07) is 22.9. The molecule has 0 bridgehead atoms. The summed E-state index contributed by atoms with van der Waals surface area (Å²) < 4.78 is 103. The molecule has 5 aromatic carbocycles. The Balaban J connectivity index is 1.61. The molecule has 1 atom stereocenters. The minimum Gasteiger partial charge on any atom is -0.355 e. The molecule has 5 rings (SSSR count). The van der Waals surface area contributed by atoms with Gasteiger partial charge < -0.3 is 10.6 Å². The normalized spacial score (nSPS) is 12.8. The standard InChI is InChI=1S/C37H38N2O9S3/c1-21-17-22(2)35(23(3)18-21)38-29-11-7-27(8-12-29)34(32-16-15-31(49(40,41)42)20-33(32)50(43,44)45)28-9-13-30(14-10-28)39-36-24(4)19-25(5)37(26(36)6)51(46,47)48/h7-20,34,38-39H,1-6H3,(H,40,41,42)(H,43,44,45)(H,46,47,48). The van der Waals surface area contributed by atoms with Gasteiger partial charge in [-0.15, -0.1) is 0 Å². The Labute approximate surface area is 298 Å². The van der Waals surface area contributed by atoms with Gasteiger partial charge in [-0.05, 0) is 122 Å². The molecule has 0 fully saturated rings. The molecule has 0 radical (unpaired) electrons. The van der Waals surface area contributed by atoms with Crippen LogP contribution in [0.5, 0.6) is 0 Å². The van der Waals surface area contributed by atoms with E-state index in [9.17, 15) is 38.9 Å². The number of aryl methyl sites for hydroxylation is 5. The number of benzene rings is 5. The Hall–Kier alpha value is -4.57. The van der Waals surface area contributed by atoms with E-state index < -0.39 is 46.1 Å². The van der Waals surface area contributed by atoms with Crippen LogP contribution < -0.4 is 10.6 Å². The molecule has 0 aliphatic rings. The van der Waals surface area contributed by atoms with E-state index in [0.29, 0.717) is 33.6 Å². The average molecular weight is 751 g/mol. The molecule has 0 aliphatic heterocycles. The molecular weight excluding hydrogens is 713 g/mol. The summed E-state index contributed by atoms with van der Waals surface area (Å²) in [5.41, 5.74) is 8.69. The summed E-state index contributed by atoms with van der Waals surface area (Å²) in [7, 11) is -14.3. The van der Waals surface area contributed by atoms with Gasteiger partial charge in [-0.3, -0.25) is 13.7 Å². The van der Waals surface area contributed by atoms with Crippen LogP contribution in [0.25, 0.3) is 0 Å². The lowest BCUT2D eigenvalue weighted by Gasteiger charge is -2.23. The number of anilines is 4. The van der Waals surface area contributed by atoms with Crippen LogP contribution in [0.2, 0.25) is 0 Å². The maximum Gasteiger partial charge on any atom is 0.295 e. The fourth-order valence-electron chi connectivity index (χ4n) is 6.63. The number of nitrogens with one attached hydrogen (secondary N) is 2. The van der Waals surface area contributed by atoms with Crippen LogP contribution in [0.1, 0.15) is 56.0 Å². The van der Waals surface area contributed by atoms with Gasteiger partial charge in [0.15, 0.2) is 0 Å². The number of hydrogen-bond donors (Lipinski definition) is 5. The molecule has 11 nitrogen and oxygen atoms in total. The van der Waals surface area contributed by atoms with E-state index in [4.69, 9.17) is 0 Å². The van der Waals surface area contributed by atoms with Crippen molar-refractivity contribution in [2.24, 2.45) is 0 Å². The predicted octanol–water partition coefficient (Wildman–Crippen LogP) is 7.94. The van der Waals surface area contributed by atoms with Crippen molar-refractivity contribution in [3.05, 3.63) is 135 Å². The lowest BCUT2D eigenvalue weighted by molar-refractivity contribution is 0.477. The molecule has 0 saturated carbocycles. The third kappa shape index (κ3) is 8.17. The van der Waals surface area contributed by atoms with Crippen molar-refractivity contribution >= 4 is 53.1 Å². The Morgan fingerprint density at radius 2 is 0.980 bits per heavy atom. The van der Waals surface area contributed by atoms with E-state index in [1.54, 1.807) is 63.2 Å². The lowest BCUT2D eigenvalue weighted by Crippen LogP contribution is -2.12. The largest absolute Gasteiger partial charge is 0.355 e. The molecule has 51 heavy (non-hydrogen) atoms. The molecule has 268 valence electrons. The molecular formula is C37H38N2O9S3. The summed E-state index contributed by atoms with van der Waals surface area (Å²) in [5.74, 6) is -0.850. The first kappa shape index (κ1) is 37.7. The summed E-state index contributed by atoms with van der Waals surface area (Å²) in [6.07, 6.45) is 0. The van der Waals surface area contributed by atoms with Gasteiger partial charge in [-0.2, -0.15) is 25.3 Å². The van der Waals surface area contributed by atoms with E-state index >= 15 is 0 Å². The number of hydrogen-bond acceptors (Lipinski definition) is 8. The van der Waals surface area contributed by atoms with Crippen molar-refractivity contribution in [2.45, 2.75) is 62.1 Å². The highest BCUT2D eigenvalue weighted by Crippen LogP contribution is 2.39. The van der Waals surface area contributed by atoms with Gasteiger partial charge in [0.2, 0.25) is 0 Å². The zero-order chi connectivity index (χ0) is 37.6. The molecule has 0 saturated heterocycles. The second-order valence-corrected chi connectivity index (χ2v) is 16.8. The third-order valence-corrected chi connectivity index (χ3v) is 11.6. The lowest BCUT2D eigenvalue weighted by atomic mass is 9.85. The SMILES string of the molecule is Cc1cc(C)c(Nc2ccc(C(c3ccc(Nc4c(C)cc(C)c(S(=O)(=O)O)c4C)cc3)c3ccc(S(=O)(=O)O)cc3S(=O)(=O)O)cc2)c(C)c1. The van der Waals surface area contributed by atoms with Gasteiger partial charge in [-0.25, -0.2) is 0 Å². The van der Waals surface area contributed by atoms with Crippen molar-refractivity contribution < 1.29 is 38.9 Å². The minimum absolute atomic E-state index is 0.0551. The van der Waals surface area contributed by atoms with Crippen molar-refractivity contribution in [2.75, 3.05) is 10.6 Å². The molecule has 0 aliphatic carbocycles. The van der Waals surface area contributed by atoms with Gasteiger partial charge in [0.1, 0.15) is 4.90 Å². The quantitative estimate of drug-likeness (QED) is 0.0689. The number of rotatable bonds is 10. The second-order valence-electron chi connectivity index (χ2n) is 12.7. The third-order valence-electron chi connectivity index (χ3n) is 8.73. The fraction of sp³-hybridized carbons (Fsp3) is 0.189. The van der Waals surface area contributed by atoms with E-state index in [0.717, 1.165) is 45.8 Å². The molecule has 0 aromatic heterocycles. The summed E-state index contributed by atoms with van der Waals surface area (Å²) in [5, 5.41) is 6.65. The fourth-order valence-corrected chi connectivity index (χ4v) is 8.92. The zero-order valence-electron chi connectivity index (χ0n) is 28.7. The summed E-state index contributed by atoms with van der Waals surface area (Å²) in [6.45, 7) is 11.0. The highest BCUT2D eigenvalue weighted by Gasteiger charge is 2.28. The molecule has 0 amide bonds. The van der Waals surface area contributed by atoms with Gasteiger partial charge in [0.05, 0.1) is 9.79 Å². The van der Waals surface area contributed by atoms with Crippen LogP contribution >= 0.6 is 0 Å². The summed E-state index contributed by atoms with van der Waals surface area (Å²) in [4.78, 5) is -1.58. The average Bonchev–Trinajstić information content (AvgIpc) is 3.01. The Kier molecular flexibility index (Phi) is 10.2. The maximum absolute atomic E-state index is 12.7. The highest BCUT2D eigenvalue weighted by molar-refractivity contribution is 7.86. The molecule has 0 heterocycles. The van der Waals surface area contributed by atoms with Crippen LogP contribution in [0.4, 0.5) is 22.7 Å². The van der Waals surface area contributed by atoms with Gasteiger partial charge in [0, 0.05) is 28.7 Å². The van der Waals surface area contributed by atoms with Crippen molar-refractivity contribution in [3.63, 3.8) is 0 Å². The van der Waals surface area contributed by atoms with Gasteiger partial charge in [0.25, 0.3) is 30.4 Å². The first-order chi connectivity index (χ1) is 23.6. The molecule has 1 unspecified atom stereocenters. The van der Waals surface area contributed by atoms with E-state index in [1.807, 2.05) is 32.9 Å².